The Bertz CT molecular complexity index is 1250. The van der Waals surface area contributed by atoms with E-state index in [1.807, 2.05) is 6.07 Å². The normalized spacial score (nSPS) is 15.8. The summed E-state index contributed by atoms with van der Waals surface area (Å²) in [4.78, 5) is 37.2. The molecule has 0 aliphatic carbocycles. The third-order valence-corrected chi connectivity index (χ3v) is 6.53. The molecule has 8 nitrogen and oxygen atoms in total. The zero-order valence-electron chi connectivity index (χ0n) is 18.7. The number of aromatic nitrogens is 2. The number of ketones is 1. The Morgan fingerprint density at radius 3 is 2.58 bits per heavy atom. The standard InChI is InChI=1S/C24H23N3O5S/c1-13-23(33-14(2)26-13)20(28)18-19(16-8-5-9-17(31-3)22(16)32-4)27(24(30)21(18)29)12-15-7-6-10-25-11-15/h5-11,19,29H,12H2,1-4H3. The molecule has 0 saturated heterocycles. The number of pyridine rings is 1. The van der Waals surface area contributed by atoms with Crippen molar-refractivity contribution in [3.8, 4) is 11.5 Å². The van der Waals surface area contributed by atoms with E-state index >= 15 is 0 Å². The first-order valence-corrected chi connectivity index (χ1v) is 11.0. The molecule has 1 amide bonds. The second kappa shape index (κ2) is 9.03. The number of aliphatic hydroxyl groups is 1. The highest BCUT2D eigenvalue weighted by atomic mass is 32.1. The summed E-state index contributed by atoms with van der Waals surface area (Å²) in [6, 6.07) is 7.94. The van der Waals surface area contributed by atoms with Crippen LogP contribution in [0.1, 0.15) is 37.5 Å². The second-order valence-corrected chi connectivity index (χ2v) is 8.72. The highest BCUT2D eigenvalue weighted by Gasteiger charge is 2.46. The zero-order valence-corrected chi connectivity index (χ0v) is 19.5. The number of Topliss-reactive ketones (excluding diaryl/α,β-unsaturated/α-hetero) is 1. The van der Waals surface area contributed by atoms with E-state index < -0.39 is 23.5 Å². The third kappa shape index (κ3) is 3.95. The van der Waals surface area contributed by atoms with Gasteiger partial charge in [-0.3, -0.25) is 14.6 Å². The molecular formula is C24H23N3O5S. The summed E-state index contributed by atoms with van der Waals surface area (Å²) in [6.07, 6.45) is 3.28. The number of methoxy groups -OCH3 is 2. The number of para-hydroxylation sites is 1. The molecule has 0 saturated carbocycles. The predicted octanol–water partition coefficient (Wildman–Crippen LogP) is 3.95. The van der Waals surface area contributed by atoms with Gasteiger partial charge in [0.05, 0.1) is 41.4 Å². The molecule has 4 rings (SSSR count). The van der Waals surface area contributed by atoms with Gasteiger partial charge in [0.15, 0.2) is 17.3 Å². The van der Waals surface area contributed by atoms with Crippen LogP contribution in [0.2, 0.25) is 0 Å². The van der Waals surface area contributed by atoms with E-state index in [2.05, 4.69) is 9.97 Å². The number of thiazole rings is 1. The molecule has 170 valence electrons. The molecule has 1 atom stereocenters. The average Bonchev–Trinajstić information content (AvgIpc) is 3.29. The summed E-state index contributed by atoms with van der Waals surface area (Å²) in [5, 5.41) is 11.6. The van der Waals surface area contributed by atoms with Crippen LogP contribution in [0.25, 0.3) is 0 Å². The fourth-order valence-electron chi connectivity index (χ4n) is 4.05. The number of hydrogen-bond donors (Lipinski definition) is 1. The minimum atomic E-state index is -0.892. The van der Waals surface area contributed by atoms with Crippen LogP contribution in [0.15, 0.2) is 54.1 Å². The lowest BCUT2D eigenvalue weighted by Gasteiger charge is -2.28. The van der Waals surface area contributed by atoms with Crippen LogP contribution in [0.4, 0.5) is 0 Å². The molecule has 1 unspecified atom stereocenters. The Labute approximate surface area is 195 Å². The monoisotopic (exact) mass is 465 g/mol. The van der Waals surface area contributed by atoms with Crippen LogP contribution in [0.5, 0.6) is 11.5 Å². The topological polar surface area (TPSA) is 102 Å². The molecule has 33 heavy (non-hydrogen) atoms. The van der Waals surface area contributed by atoms with Gasteiger partial charge in [-0.2, -0.15) is 0 Å². The summed E-state index contributed by atoms with van der Waals surface area (Å²) in [6.45, 7) is 3.68. The minimum absolute atomic E-state index is 0.0119. The van der Waals surface area contributed by atoms with Crippen molar-refractivity contribution in [2.75, 3.05) is 14.2 Å². The van der Waals surface area contributed by atoms with E-state index in [-0.39, 0.29) is 12.1 Å². The zero-order chi connectivity index (χ0) is 23.7. The smallest absolute Gasteiger partial charge is 0.290 e. The summed E-state index contributed by atoms with van der Waals surface area (Å²) >= 11 is 1.23. The van der Waals surface area contributed by atoms with Crippen molar-refractivity contribution < 1.29 is 24.2 Å². The molecule has 0 fully saturated rings. The molecule has 2 aromatic heterocycles. The molecule has 3 aromatic rings. The van der Waals surface area contributed by atoms with Gasteiger partial charge in [-0.15, -0.1) is 11.3 Å². The van der Waals surface area contributed by atoms with Crippen LogP contribution >= 0.6 is 11.3 Å². The third-order valence-electron chi connectivity index (χ3n) is 5.46. The van der Waals surface area contributed by atoms with Gasteiger partial charge in [-0.05, 0) is 31.5 Å². The highest BCUT2D eigenvalue weighted by molar-refractivity contribution is 7.14. The number of hydrogen-bond acceptors (Lipinski definition) is 8. The summed E-state index contributed by atoms with van der Waals surface area (Å²) < 4.78 is 11.0. The quantitative estimate of drug-likeness (QED) is 0.527. The number of aliphatic hydroxyl groups excluding tert-OH is 1. The molecule has 1 aliphatic rings. The van der Waals surface area contributed by atoms with Gasteiger partial charge in [-0.1, -0.05) is 18.2 Å². The fourth-order valence-corrected chi connectivity index (χ4v) is 4.93. The molecule has 0 bridgehead atoms. The van der Waals surface area contributed by atoms with Gasteiger partial charge in [0.1, 0.15) is 0 Å². The first-order chi connectivity index (χ1) is 15.9. The number of amides is 1. The number of nitrogens with zero attached hydrogens (tertiary/aromatic N) is 3. The molecular weight excluding hydrogens is 442 g/mol. The average molecular weight is 466 g/mol. The molecule has 3 heterocycles. The predicted molar refractivity (Wildman–Crippen MR) is 123 cm³/mol. The summed E-state index contributed by atoms with van der Waals surface area (Å²) in [7, 11) is 3.00. The Morgan fingerprint density at radius 2 is 1.97 bits per heavy atom. The van der Waals surface area contributed by atoms with Crippen LogP contribution < -0.4 is 9.47 Å². The van der Waals surface area contributed by atoms with Gasteiger partial charge in [-0.25, -0.2) is 4.98 Å². The maximum Gasteiger partial charge on any atom is 0.290 e. The van der Waals surface area contributed by atoms with Crippen LogP contribution in [0, 0.1) is 13.8 Å². The molecule has 1 N–H and O–H groups in total. The number of carbonyl (C=O) groups excluding carboxylic acids is 2. The van der Waals surface area contributed by atoms with E-state index in [1.165, 1.54) is 30.5 Å². The number of rotatable bonds is 7. The van der Waals surface area contributed by atoms with Crippen molar-refractivity contribution in [1.29, 1.82) is 0 Å². The Hall–Kier alpha value is -3.72. The van der Waals surface area contributed by atoms with Gasteiger partial charge in [0, 0.05) is 24.5 Å². The maximum absolute atomic E-state index is 13.7. The Morgan fingerprint density at radius 1 is 1.18 bits per heavy atom. The minimum Gasteiger partial charge on any atom is -0.503 e. The molecule has 1 aromatic carbocycles. The van der Waals surface area contributed by atoms with Crippen molar-refractivity contribution in [3.63, 3.8) is 0 Å². The molecule has 0 spiro atoms. The number of aryl methyl sites for hydroxylation is 2. The van der Waals surface area contributed by atoms with Gasteiger partial charge in [0.2, 0.25) is 5.78 Å². The lowest BCUT2D eigenvalue weighted by atomic mass is 9.94. The van der Waals surface area contributed by atoms with E-state index in [9.17, 15) is 14.7 Å². The van der Waals surface area contributed by atoms with Crippen LogP contribution in [-0.2, 0) is 11.3 Å². The van der Waals surface area contributed by atoms with Crippen LogP contribution in [-0.4, -0.2) is 45.9 Å². The highest BCUT2D eigenvalue weighted by Crippen LogP contribution is 2.46. The summed E-state index contributed by atoms with van der Waals surface area (Å²) in [5.74, 6) is -0.828. The van der Waals surface area contributed by atoms with E-state index in [4.69, 9.17) is 9.47 Å². The largest absolute Gasteiger partial charge is 0.503 e. The first-order valence-electron chi connectivity index (χ1n) is 10.2. The molecule has 0 radical (unpaired) electrons. The number of carbonyl (C=O) groups is 2. The SMILES string of the molecule is COc1cccc(C2C(C(=O)c3sc(C)nc3C)=C(O)C(=O)N2Cc2cccnc2)c1OC. The van der Waals surface area contributed by atoms with E-state index in [0.717, 1.165) is 10.6 Å². The van der Waals surface area contributed by atoms with Gasteiger partial charge >= 0.3 is 0 Å². The lowest BCUT2D eigenvalue weighted by molar-refractivity contribution is -0.130. The molecule has 1 aliphatic heterocycles. The number of ether oxygens (including phenoxy) is 2. The maximum atomic E-state index is 13.7. The number of benzene rings is 1. The fraction of sp³-hybridized carbons (Fsp3) is 0.250. The Balaban J connectivity index is 1.90. The van der Waals surface area contributed by atoms with Crippen molar-refractivity contribution in [3.05, 3.63) is 80.8 Å². The van der Waals surface area contributed by atoms with Gasteiger partial charge in [0.25, 0.3) is 5.91 Å². The van der Waals surface area contributed by atoms with Gasteiger partial charge < -0.3 is 19.5 Å². The lowest BCUT2D eigenvalue weighted by Crippen LogP contribution is -2.31. The Kier molecular flexibility index (Phi) is 6.15. The van der Waals surface area contributed by atoms with Crippen molar-refractivity contribution in [1.82, 2.24) is 14.9 Å². The first kappa shape index (κ1) is 22.5. The summed E-state index contributed by atoms with van der Waals surface area (Å²) in [5.41, 5.74) is 1.82. The van der Waals surface area contributed by atoms with Crippen molar-refractivity contribution in [2.45, 2.75) is 26.4 Å². The van der Waals surface area contributed by atoms with Crippen molar-refractivity contribution >= 4 is 23.0 Å². The molecule has 9 heteroatoms. The second-order valence-electron chi connectivity index (χ2n) is 7.52. The van der Waals surface area contributed by atoms with Crippen LogP contribution in [0.3, 0.4) is 0 Å². The van der Waals surface area contributed by atoms with E-state index in [1.54, 1.807) is 50.5 Å². The van der Waals surface area contributed by atoms with Crippen molar-refractivity contribution in [2.24, 2.45) is 0 Å². The van der Waals surface area contributed by atoms with E-state index in [0.29, 0.717) is 27.6 Å².